The minimum atomic E-state index is -0.178. The number of allylic oxidation sites excluding steroid dienone is 3. The van der Waals surface area contributed by atoms with E-state index in [-0.39, 0.29) is 28.5 Å². The van der Waals surface area contributed by atoms with Crippen molar-refractivity contribution < 1.29 is 29.3 Å². The molecule has 0 atom stereocenters. The van der Waals surface area contributed by atoms with Crippen molar-refractivity contribution in [2.24, 2.45) is 0 Å². The van der Waals surface area contributed by atoms with Crippen LogP contribution in [-0.4, -0.2) is 49.1 Å². The highest BCUT2D eigenvalue weighted by Gasteiger charge is 2.23. The topological polar surface area (TPSA) is 117 Å². The lowest BCUT2D eigenvalue weighted by atomic mass is 9.81. The Morgan fingerprint density at radius 1 is 0.704 bits per heavy atom. The summed E-state index contributed by atoms with van der Waals surface area (Å²) in [6, 6.07) is 21.7. The molecule has 0 saturated heterocycles. The van der Waals surface area contributed by atoms with Crippen molar-refractivity contribution in [3.05, 3.63) is 131 Å². The molecule has 4 rings (SSSR count). The molecule has 0 aliphatic rings. The molecule has 0 amide bonds. The second-order valence-electron chi connectivity index (χ2n) is 13.4. The van der Waals surface area contributed by atoms with Crippen molar-refractivity contribution >= 4 is 35.1 Å². The highest BCUT2D eigenvalue weighted by molar-refractivity contribution is 6.07. The zero-order valence-electron chi connectivity index (χ0n) is 32.8. The first-order chi connectivity index (χ1) is 25.9. The van der Waals surface area contributed by atoms with Crippen LogP contribution in [0.25, 0.3) is 12.2 Å². The van der Waals surface area contributed by atoms with E-state index in [1.54, 1.807) is 60.7 Å². The summed E-state index contributed by atoms with van der Waals surface area (Å²) in [6.45, 7) is 15.1. The summed E-state index contributed by atoms with van der Waals surface area (Å²) >= 11 is 0. The summed E-state index contributed by atoms with van der Waals surface area (Å²) in [7, 11) is 3.68. The molecule has 4 aromatic carbocycles. The largest absolute Gasteiger partial charge is 0.508 e. The average Bonchev–Trinajstić information content (AvgIpc) is 3.19. The Morgan fingerprint density at radius 3 is 1.56 bits per heavy atom. The Hall–Kier alpha value is -5.76. The first-order valence-electron chi connectivity index (χ1n) is 18.5. The Bertz CT molecular complexity index is 1910. The second-order valence-corrected chi connectivity index (χ2v) is 13.4. The van der Waals surface area contributed by atoms with Crippen LogP contribution in [0, 0.1) is 0 Å². The average molecular weight is 733 g/mol. The number of ketones is 2. The van der Waals surface area contributed by atoms with Crippen molar-refractivity contribution in [1.82, 2.24) is 0 Å². The van der Waals surface area contributed by atoms with Gasteiger partial charge in [0.1, 0.15) is 23.0 Å². The van der Waals surface area contributed by atoms with Gasteiger partial charge in [-0.2, -0.15) is 0 Å². The molecule has 4 N–H and O–H groups in total. The number of ether oxygens (including phenoxy) is 2. The fourth-order valence-corrected chi connectivity index (χ4v) is 5.33. The van der Waals surface area contributed by atoms with Crippen LogP contribution in [-0.2, 0) is 11.8 Å². The van der Waals surface area contributed by atoms with Gasteiger partial charge in [0.05, 0.1) is 13.2 Å². The summed E-state index contributed by atoms with van der Waals surface area (Å²) in [5.74, 6) is 1.38. The van der Waals surface area contributed by atoms with Gasteiger partial charge in [-0.15, -0.1) is 6.58 Å². The predicted molar refractivity (Wildman–Crippen MR) is 224 cm³/mol. The summed E-state index contributed by atoms with van der Waals surface area (Å²) in [5.41, 5.74) is 6.12. The van der Waals surface area contributed by atoms with E-state index in [4.69, 9.17) is 9.47 Å². The van der Waals surface area contributed by atoms with Crippen molar-refractivity contribution in [1.29, 1.82) is 0 Å². The molecular weight excluding hydrogens is 677 g/mol. The smallest absolute Gasteiger partial charge is 0.185 e. The number of phenolic OH excluding ortho intramolecular Hbond substituents is 2. The number of hydrogen-bond acceptors (Lipinski definition) is 8. The number of rotatable bonds is 18. The van der Waals surface area contributed by atoms with E-state index in [1.165, 1.54) is 6.08 Å². The molecular formula is C46H56N2O6. The van der Waals surface area contributed by atoms with E-state index in [1.807, 2.05) is 64.3 Å². The van der Waals surface area contributed by atoms with Crippen LogP contribution in [0.4, 0.5) is 11.4 Å². The fourth-order valence-electron chi connectivity index (χ4n) is 5.33. The number of hydrogen-bond donors (Lipinski definition) is 4. The van der Waals surface area contributed by atoms with Gasteiger partial charge in [0, 0.05) is 65.4 Å². The van der Waals surface area contributed by atoms with Crippen molar-refractivity contribution in [3.63, 3.8) is 0 Å². The van der Waals surface area contributed by atoms with Gasteiger partial charge in [0.2, 0.25) is 0 Å². The SMILES string of the molecule is C=CCc1cc(C=CC(=O)c2ccc(NC)cc2)c(OCCC)cc1O.CCCOc1cc(O)c(C(C)(C)CC)cc1C=CC(=O)c1ccc(NC)cc1. The molecule has 0 radical (unpaired) electrons. The van der Waals surface area contributed by atoms with Crippen LogP contribution in [0.3, 0.4) is 0 Å². The Kier molecular flexibility index (Phi) is 16.6. The standard InChI is InChI=1S/C24H31NO3.C22H25NO3/c1-6-14-28-23-16-22(27)20(24(3,4)7-2)15-18(23)10-13-21(26)17-8-11-19(25-5)12-9-17;1-4-6-17-14-18(22(15-21(17)25)26-13-5-2)9-12-20(24)16-7-10-19(23-3)11-8-16/h8-13,15-16,25,27H,6-7,14H2,1-5H3;4,7-12,14-15,23,25H,1,5-6,13H2,2-3H3. The molecule has 0 saturated carbocycles. The van der Waals surface area contributed by atoms with Crippen LogP contribution in [0.1, 0.15) is 96.9 Å². The molecule has 0 unspecified atom stereocenters. The molecule has 8 nitrogen and oxygen atoms in total. The number of phenols is 2. The Labute approximate surface area is 321 Å². The van der Waals surface area contributed by atoms with Gasteiger partial charge in [-0.1, -0.05) is 40.7 Å². The molecule has 0 bridgehead atoms. The Balaban J connectivity index is 0.000000291. The van der Waals surface area contributed by atoms with Gasteiger partial charge in [-0.3, -0.25) is 9.59 Å². The zero-order valence-corrected chi connectivity index (χ0v) is 32.8. The van der Waals surface area contributed by atoms with E-state index in [0.717, 1.165) is 52.9 Å². The quantitative estimate of drug-likeness (QED) is 0.0454. The van der Waals surface area contributed by atoms with Gasteiger partial charge in [-0.25, -0.2) is 0 Å². The minimum absolute atomic E-state index is 0.0755. The van der Waals surface area contributed by atoms with Gasteiger partial charge < -0.3 is 30.3 Å². The first-order valence-corrected chi connectivity index (χ1v) is 18.5. The number of carbonyl (C=O) groups is 2. The molecule has 0 aliphatic carbocycles. The normalized spacial score (nSPS) is 11.2. The van der Waals surface area contributed by atoms with E-state index in [0.29, 0.717) is 42.3 Å². The number of aromatic hydroxyl groups is 2. The monoisotopic (exact) mass is 732 g/mol. The van der Waals surface area contributed by atoms with E-state index in [2.05, 4.69) is 38.0 Å². The summed E-state index contributed by atoms with van der Waals surface area (Å²) in [4.78, 5) is 25.0. The lowest BCUT2D eigenvalue weighted by Crippen LogP contribution is -2.16. The van der Waals surface area contributed by atoms with E-state index >= 15 is 0 Å². The third-order valence-corrected chi connectivity index (χ3v) is 8.98. The maximum Gasteiger partial charge on any atom is 0.185 e. The molecule has 8 heteroatoms. The summed E-state index contributed by atoms with van der Waals surface area (Å²) in [5, 5.41) is 26.7. The molecule has 54 heavy (non-hydrogen) atoms. The van der Waals surface area contributed by atoms with Crippen molar-refractivity contribution in [3.8, 4) is 23.0 Å². The van der Waals surface area contributed by atoms with Gasteiger partial charge in [0.15, 0.2) is 11.6 Å². The molecule has 286 valence electrons. The van der Waals surface area contributed by atoms with Crippen LogP contribution in [0.2, 0.25) is 0 Å². The maximum atomic E-state index is 12.6. The number of anilines is 2. The molecule has 4 aromatic rings. The summed E-state index contributed by atoms with van der Waals surface area (Å²) in [6.07, 6.45) is 11.5. The maximum absolute atomic E-state index is 12.6. The highest BCUT2D eigenvalue weighted by atomic mass is 16.5. The van der Waals surface area contributed by atoms with Crippen molar-refractivity contribution in [2.75, 3.05) is 37.9 Å². The van der Waals surface area contributed by atoms with E-state index < -0.39 is 0 Å². The number of carbonyl (C=O) groups excluding carboxylic acids is 2. The molecule has 0 heterocycles. The van der Waals surface area contributed by atoms with Gasteiger partial charge >= 0.3 is 0 Å². The summed E-state index contributed by atoms with van der Waals surface area (Å²) < 4.78 is 11.5. The molecule has 0 spiro atoms. The van der Waals surface area contributed by atoms with Crippen molar-refractivity contribution in [2.45, 2.75) is 65.7 Å². The predicted octanol–water partition coefficient (Wildman–Crippen LogP) is 10.7. The Morgan fingerprint density at radius 2 is 1.15 bits per heavy atom. The second kappa shape index (κ2) is 21.1. The fraction of sp³-hybridized carbons (Fsp3) is 0.304. The minimum Gasteiger partial charge on any atom is -0.508 e. The van der Waals surface area contributed by atoms with Gasteiger partial charge in [-0.05, 0) is 122 Å². The molecule has 0 aliphatic heterocycles. The third-order valence-electron chi connectivity index (χ3n) is 8.98. The third kappa shape index (κ3) is 12.2. The number of nitrogens with one attached hydrogen (secondary N) is 2. The zero-order chi connectivity index (χ0) is 39.7. The van der Waals surface area contributed by atoms with Gasteiger partial charge in [0.25, 0.3) is 0 Å². The number of benzene rings is 4. The van der Waals surface area contributed by atoms with Crippen LogP contribution in [0.5, 0.6) is 23.0 Å². The van der Waals surface area contributed by atoms with E-state index in [9.17, 15) is 19.8 Å². The highest BCUT2D eigenvalue weighted by Crippen LogP contribution is 2.38. The molecule has 0 fully saturated rings. The van der Waals surface area contributed by atoms with Crippen LogP contribution < -0.4 is 20.1 Å². The first kappa shape index (κ1) is 42.7. The lowest BCUT2D eigenvalue weighted by Gasteiger charge is -2.25. The lowest BCUT2D eigenvalue weighted by molar-refractivity contribution is 0.103. The van der Waals surface area contributed by atoms with Crippen LogP contribution >= 0.6 is 0 Å². The molecule has 0 aromatic heterocycles. The van der Waals surface area contributed by atoms with Crippen LogP contribution in [0.15, 0.2) is 97.6 Å².